The number of carbonyl (C=O) groups excluding carboxylic acids is 1. The standard InChI is InChI=1S/C15H28ClO5P/c1-11(2)20-22(18,21-12(3)4)15(19-14(17)10-16)13-8-6-5-7-9-13/h11-13,15H,5-10H2,1-4H3/t15-/m0/s1. The van der Waals surface area contributed by atoms with Crippen LogP contribution in [0.15, 0.2) is 0 Å². The third kappa shape index (κ3) is 6.19. The van der Waals surface area contributed by atoms with Gasteiger partial charge in [-0.2, -0.15) is 0 Å². The monoisotopic (exact) mass is 354 g/mol. The van der Waals surface area contributed by atoms with Gasteiger partial charge in [0.15, 0.2) is 0 Å². The Morgan fingerprint density at radius 1 is 1.09 bits per heavy atom. The lowest BCUT2D eigenvalue weighted by molar-refractivity contribution is -0.146. The molecule has 1 saturated carbocycles. The minimum Gasteiger partial charge on any atom is -0.448 e. The van der Waals surface area contributed by atoms with Crippen LogP contribution < -0.4 is 0 Å². The molecule has 1 aliphatic carbocycles. The second-order valence-corrected chi connectivity index (χ2v) is 8.54. The zero-order valence-corrected chi connectivity index (χ0v) is 15.6. The zero-order chi connectivity index (χ0) is 16.8. The van der Waals surface area contributed by atoms with E-state index in [2.05, 4.69) is 0 Å². The summed E-state index contributed by atoms with van der Waals surface area (Å²) in [5, 5.41) is 0. The molecule has 0 spiro atoms. The first-order valence-electron chi connectivity index (χ1n) is 8.00. The van der Waals surface area contributed by atoms with Gasteiger partial charge in [-0.25, -0.2) is 0 Å². The fraction of sp³-hybridized carbons (Fsp3) is 0.933. The summed E-state index contributed by atoms with van der Waals surface area (Å²) in [6.07, 6.45) is 4.34. The third-order valence-corrected chi connectivity index (χ3v) is 6.24. The van der Waals surface area contributed by atoms with Crippen molar-refractivity contribution in [3.8, 4) is 0 Å². The maximum atomic E-state index is 13.3. The van der Waals surface area contributed by atoms with Crippen LogP contribution in [0.5, 0.6) is 0 Å². The lowest BCUT2D eigenvalue weighted by Gasteiger charge is -2.35. The van der Waals surface area contributed by atoms with E-state index in [1.807, 2.05) is 0 Å². The third-order valence-electron chi connectivity index (χ3n) is 3.44. The Bertz CT molecular complexity index is 379. The summed E-state index contributed by atoms with van der Waals surface area (Å²) in [5.41, 5.74) is 0. The van der Waals surface area contributed by atoms with Gasteiger partial charge in [-0.3, -0.25) is 9.36 Å². The van der Waals surface area contributed by atoms with Gasteiger partial charge < -0.3 is 13.8 Å². The van der Waals surface area contributed by atoms with Gasteiger partial charge in [-0.1, -0.05) is 19.3 Å². The smallest absolute Gasteiger partial charge is 0.371 e. The summed E-state index contributed by atoms with van der Waals surface area (Å²) < 4.78 is 30.0. The van der Waals surface area contributed by atoms with Crippen molar-refractivity contribution >= 4 is 25.2 Å². The highest BCUT2D eigenvalue weighted by atomic mass is 35.5. The molecule has 1 atom stereocenters. The number of rotatable bonds is 8. The summed E-state index contributed by atoms with van der Waals surface area (Å²) in [6, 6.07) is 0. The average Bonchev–Trinajstić information content (AvgIpc) is 2.43. The van der Waals surface area contributed by atoms with Gasteiger partial charge in [0.1, 0.15) is 5.88 Å². The van der Waals surface area contributed by atoms with Crippen molar-refractivity contribution < 1.29 is 23.1 Å². The quantitative estimate of drug-likeness (QED) is 0.358. The molecule has 130 valence electrons. The first kappa shape index (κ1) is 20.0. The number of hydrogen-bond donors (Lipinski definition) is 0. The Morgan fingerprint density at radius 3 is 2.00 bits per heavy atom. The first-order valence-corrected chi connectivity index (χ1v) is 10.1. The van der Waals surface area contributed by atoms with Gasteiger partial charge in [0, 0.05) is 5.92 Å². The number of esters is 1. The Labute approximate surface area is 138 Å². The maximum absolute atomic E-state index is 13.3. The Hall–Kier alpha value is -0.0900. The molecule has 0 amide bonds. The van der Waals surface area contributed by atoms with E-state index < -0.39 is 19.4 Å². The molecule has 0 aromatic rings. The molecule has 5 nitrogen and oxygen atoms in total. The molecule has 0 saturated heterocycles. The van der Waals surface area contributed by atoms with Crippen molar-refractivity contribution in [3.05, 3.63) is 0 Å². The summed E-state index contributed by atoms with van der Waals surface area (Å²) in [5.74, 6) is -1.74. The van der Waals surface area contributed by atoms with Crippen LogP contribution in [0.2, 0.25) is 0 Å². The van der Waals surface area contributed by atoms with E-state index in [0.717, 1.165) is 32.1 Å². The molecule has 1 rings (SSSR count). The van der Waals surface area contributed by atoms with E-state index in [1.165, 1.54) is 0 Å². The van der Waals surface area contributed by atoms with Crippen LogP contribution in [0.25, 0.3) is 0 Å². The number of carbonyl (C=O) groups is 1. The number of hydrogen-bond acceptors (Lipinski definition) is 5. The minimum absolute atomic E-state index is 0.00995. The molecular formula is C15H28ClO5P. The number of ether oxygens (including phenoxy) is 1. The first-order chi connectivity index (χ1) is 10.3. The molecule has 22 heavy (non-hydrogen) atoms. The van der Waals surface area contributed by atoms with Crippen molar-refractivity contribution in [2.45, 2.75) is 77.9 Å². The molecule has 7 heteroatoms. The van der Waals surface area contributed by atoms with Gasteiger partial charge >= 0.3 is 13.6 Å². The highest BCUT2D eigenvalue weighted by Crippen LogP contribution is 2.59. The van der Waals surface area contributed by atoms with Crippen LogP contribution in [0, 0.1) is 5.92 Å². The Balaban J connectivity index is 3.04. The van der Waals surface area contributed by atoms with Crippen molar-refractivity contribution in [3.63, 3.8) is 0 Å². The summed E-state index contributed by atoms with van der Waals surface area (Å²) in [4.78, 5) is 11.7. The second-order valence-electron chi connectivity index (χ2n) is 6.26. The number of halogens is 1. The highest BCUT2D eigenvalue weighted by Gasteiger charge is 2.46. The van der Waals surface area contributed by atoms with Crippen LogP contribution >= 0.6 is 19.2 Å². The van der Waals surface area contributed by atoms with Crippen molar-refractivity contribution in [1.29, 1.82) is 0 Å². The highest BCUT2D eigenvalue weighted by molar-refractivity contribution is 7.54. The van der Waals surface area contributed by atoms with E-state index in [0.29, 0.717) is 0 Å². The largest absolute Gasteiger partial charge is 0.448 e. The van der Waals surface area contributed by atoms with E-state index in [4.69, 9.17) is 25.4 Å². The molecule has 1 fully saturated rings. The summed E-state index contributed by atoms with van der Waals surface area (Å²) in [7, 11) is -3.58. The molecule has 0 aromatic heterocycles. The molecule has 0 aliphatic heterocycles. The second kappa shape index (κ2) is 9.27. The lowest BCUT2D eigenvalue weighted by atomic mass is 9.90. The van der Waals surface area contributed by atoms with Crippen molar-refractivity contribution in [1.82, 2.24) is 0 Å². The van der Waals surface area contributed by atoms with Gasteiger partial charge in [0.25, 0.3) is 0 Å². The van der Waals surface area contributed by atoms with Crippen LogP contribution in [-0.2, 0) is 23.1 Å². The van der Waals surface area contributed by atoms with Gasteiger partial charge in [-0.05, 0) is 40.5 Å². The van der Waals surface area contributed by atoms with Gasteiger partial charge in [-0.15, -0.1) is 11.6 Å². The fourth-order valence-corrected chi connectivity index (χ4v) is 5.33. The predicted molar refractivity (Wildman–Crippen MR) is 87.2 cm³/mol. The molecule has 0 aromatic carbocycles. The minimum atomic E-state index is -3.58. The number of alkyl halides is 1. The molecule has 0 N–H and O–H groups in total. The topological polar surface area (TPSA) is 61.8 Å². The van der Waals surface area contributed by atoms with Gasteiger partial charge in [0.05, 0.1) is 12.2 Å². The van der Waals surface area contributed by atoms with Crippen molar-refractivity contribution in [2.24, 2.45) is 5.92 Å². The molecular weight excluding hydrogens is 327 g/mol. The average molecular weight is 355 g/mol. The fourth-order valence-electron chi connectivity index (χ4n) is 2.74. The Morgan fingerprint density at radius 2 is 1.59 bits per heavy atom. The molecule has 0 unspecified atom stereocenters. The van der Waals surface area contributed by atoms with Gasteiger partial charge in [0.2, 0.25) is 5.85 Å². The summed E-state index contributed by atoms with van der Waals surface area (Å²) >= 11 is 5.55. The molecule has 0 bridgehead atoms. The van der Waals surface area contributed by atoms with Crippen LogP contribution in [0.3, 0.4) is 0 Å². The summed E-state index contributed by atoms with van der Waals surface area (Å²) in [6.45, 7) is 7.16. The van der Waals surface area contributed by atoms with Crippen LogP contribution in [0.4, 0.5) is 0 Å². The molecule has 0 heterocycles. The van der Waals surface area contributed by atoms with Crippen LogP contribution in [0.1, 0.15) is 59.8 Å². The van der Waals surface area contributed by atoms with Crippen LogP contribution in [-0.4, -0.2) is 29.9 Å². The Kier molecular flexibility index (Phi) is 8.40. The molecule has 1 aliphatic rings. The van der Waals surface area contributed by atoms with Crippen molar-refractivity contribution in [2.75, 3.05) is 5.88 Å². The SMILES string of the molecule is CC(C)OP(=O)(OC(C)C)[C@H](OC(=O)CCl)C1CCCCC1. The molecule has 0 radical (unpaired) electrons. The maximum Gasteiger partial charge on any atom is 0.371 e. The van der Waals surface area contributed by atoms with E-state index >= 15 is 0 Å². The normalized spacial score (nSPS) is 18.7. The van der Waals surface area contributed by atoms with E-state index in [9.17, 15) is 9.36 Å². The van der Waals surface area contributed by atoms with E-state index in [1.54, 1.807) is 27.7 Å². The lowest BCUT2D eigenvalue weighted by Crippen LogP contribution is -2.32. The van der Waals surface area contributed by atoms with E-state index in [-0.39, 0.29) is 24.0 Å². The predicted octanol–water partition coefficient (Wildman–Crippen LogP) is 4.72. The zero-order valence-electron chi connectivity index (χ0n) is 13.9.